The highest BCUT2D eigenvalue weighted by atomic mass is 32.2. The molecule has 3 rings (SSSR count). The molecule has 9 heteroatoms. The first kappa shape index (κ1) is 24.1. The molecule has 1 saturated carbocycles. The van der Waals surface area contributed by atoms with Crippen molar-refractivity contribution in [2.24, 2.45) is 0 Å². The number of carbonyl (C=O) groups excluding carboxylic acids is 1. The molecule has 31 heavy (non-hydrogen) atoms. The molecule has 1 aliphatic carbocycles. The van der Waals surface area contributed by atoms with Crippen LogP contribution in [0.3, 0.4) is 0 Å². The van der Waals surface area contributed by atoms with Gasteiger partial charge >= 0.3 is 6.05 Å². The molecule has 0 unspecified atom stereocenters. The minimum Gasteiger partial charge on any atom is -0.292 e. The highest BCUT2D eigenvalue weighted by Crippen LogP contribution is 2.43. The molecule has 1 saturated heterocycles. The molecule has 1 aromatic rings. The number of halogens is 2. The Labute approximate surface area is 184 Å². The Bertz CT molecular complexity index is 833. The summed E-state index contributed by atoms with van der Waals surface area (Å²) in [5.41, 5.74) is -1.31. The Balaban J connectivity index is 1.82. The van der Waals surface area contributed by atoms with Crippen LogP contribution in [0.15, 0.2) is 30.3 Å². The van der Waals surface area contributed by atoms with Crippen molar-refractivity contribution in [3.8, 4) is 0 Å². The molecule has 1 aromatic carbocycles. The van der Waals surface area contributed by atoms with Crippen molar-refractivity contribution in [2.45, 2.75) is 63.5 Å². The van der Waals surface area contributed by atoms with Crippen LogP contribution in [0.5, 0.6) is 0 Å². The maximum absolute atomic E-state index is 15.8. The molecule has 2 aliphatic rings. The summed E-state index contributed by atoms with van der Waals surface area (Å²) in [6, 6.07) is 4.61. The molecule has 1 heterocycles. The Kier molecular flexibility index (Phi) is 7.70. The van der Waals surface area contributed by atoms with E-state index in [1.54, 1.807) is 23.1 Å². The summed E-state index contributed by atoms with van der Waals surface area (Å²) < 4.78 is 57.8. The second kappa shape index (κ2) is 9.92. The molecule has 2 fully saturated rings. The SMILES string of the molecule is CCCS(=O)(=O)N1CCN(C2(C(F)(F)NC(=O)c3ccccc3)CCCCCC2)CC1. The van der Waals surface area contributed by atoms with Crippen molar-refractivity contribution in [1.29, 1.82) is 0 Å². The van der Waals surface area contributed by atoms with E-state index in [0.717, 1.165) is 12.8 Å². The van der Waals surface area contributed by atoms with Gasteiger partial charge in [-0.1, -0.05) is 50.8 Å². The summed E-state index contributed by atoms with van der Waals surface area (Å²) in [6.07, 6.45) is 4.16. The van der Waals surface area contributed by atoms with Crippen molar-refractivity contribution >= 4 is 15.9 Å². The average molecular weight is 458 g/mol. The third-order valence-corrected chi connectivity index (χ3v) is 8.60. The normalized spacial score (nSPS) is 21.4. The van der Waals surface area contributed by atoms with Crippen LogP contribution in [0.2, 0.25) is 0 Å². The number of nitrogens with zero attached hydrogens (tertiary/aromatic N) is 2. The fraction of sp³-hybridized carbons (Fsp3) is 0.682. The number of amides is 1. The lowest BCUT2D eigenvalue weighted by atomic mass is 9.84. The van der Waals surface area contributed by atoms with Gasteiger partial charge in [-0.25, -0.2) is 8.42 Å². The summed E-state index contributed by atoms with van der Waals surface area (Å²) in [6.45, 7) is 2.68. The Morgan fingerprint density at radius 2 is 1.61 bits per heavy atom. The van der Waals surface area contributed by atoms with E-state index < -0.39 is 27.5 Å². The van der Waals surface area contributed by atoms with Gasteiger partial charge in [0.25, 0.3) is 5.91 Å². The largest absolute Gasteiger partial charge is 0.343 e. The number of hydrogen-bond donors (Lipinski definition) is 1. The van der Waals surface area contributed by atoms with Gasteiger partial charge in [0.15, 0.2) is 0 Å². The van der Waals surface area contributed by atoms with E-state index in [-0.39, 0.29) is 50.3 Å². The lowest BCUT2D eigenvalue weighted by molar-refractivity contribution is -0.171. The van der Waals surface area contributed by atoms with Crippen LogP contribution in [0.1, 0.15) is 62.2 Å². The number of benzene rings is 1. The fourth-order valence-electron chi connectivity index (χ4n) is 4.84. The first-order valence-corrected chi connectivity index (χ1v) is 12.8. The van der Waals surface area contributed by atoms with Gasteiger partial charge in [0.1, 0.15) is 5.54 Å². The lowest BCUT2D eigenvalue weighted by Gasteiger charge is -2.50. The van der Waals surface area contributed by atoms with Gasteiger partial charge in [0.2, 0.25) is 10.0 Å². The van der Waals surface area contributed by atoms with Gasteiger partial charge in [0, 0.05) is 31.7 Å². The predicted molar refractivity (Wildman–Crippen MR) is 117 cm³/mol. The molecule has 0 bridgehead atoms. The summed E-state index contributed by atoms with van der Waals surface area (Å²) in [5, 5.41) is 2.02. The number of piperazine rings is 1. The zero-order valence-electron chi connectivity index (χ0n) is 18.2. The van der Waals surface area contributed by atoms with Gasteiger partial charge in [0.05, 0.1) is 5.75 Å². The van der Waals surface area contributed by atoms with E-state index in [1.165, 1.54) is 16.4 Å². The van der Waals surface area contributed by atoms with E-state index in [4.69, 9.17) is 0 Å². The van der Waals surface area contributed by atoms with Crippen molar-refractivity contribution in [2.75, 3.05) is 31.9 Å². The standard InChI is InChI=1S/C22H33F2N3O3S/c1-2-18-31(29,30)27-16-14-26(15-17-27)21(12-8-3-4-9-13-21)22(23,24)25-20(28)19-10-6-5-7-11-19/h5-7,10-11H,2-4,8-9,12-18H2,1H3,(H,25,28). The van der Waals surface area contributed by atoms with Gasteiger partial charge < -0.3 is 0 Å². The quantitative estimate of drug-likeness (QED) is 0.503. The fourth-order valence-corrected chi connectivity index (χ4v) is 6.34. The number of rotatable bonds is 7. The van der Waals surface area contributed by atoms with Crippen LogP contribution < -0.4 is 5.32 Å². The van der Waals surface area contributed by atoms with Crippen LogP contribution in [0.4, 0.5) is 8.78 Å². The maximum atomic E-state index is 15.8. The molecule has 0 radical (unpaired) electrons. The van der Waals surface area contributed by atoms with Crippen LogP contribution >= 0.6 is 0 Å². The third-order valence-electron chi connectivity index (χ3n) is 6.52. The molecule has 1 amide bonds. The molecule has 1 N–H and O–H groups in total. The molecule has 174 valence electrons. The minimum absolute atomic E-state index is 0.0709. The highest BCUT2D eigenvalue weighted by molar-refractivity contribution is 7.89. The summed E-state index contributed by atoms with van der Waals surface area (Å²) >= 11 is 0. The number of alkyl halides is 2. The van der Waals surface area contributed by atoms with Gasteiger partial charge in [-0.15, -0.1) is 0 Å². The lowest BCUT2D eigenvalue weighted by Crippen LogP contribution is -2.69. The van der Waals surface area contributed by atoms with Gasteiger partial charge in [-0.05, 0) is 31.4 Å². The second-order valence-electron chi connectivity index (χ2n) is 8.54. The van der Waals surface area contributed by atoms with Gasteiger partial charge in [-0.2, -0.15) is 13.1 Å². The molecule has 6 nitrogen and oxygen atoms in total. The average Bonchev–Trinajstić information content (AvgIpc) is 3.02. The van der Waals surface area contributed by atoms with Crippen LogP contribution in [0, 0.1) is 0 Å². The van der Waals surface area contributed by atoms with Crippen LogP contribution in [-0.4, -0.2) is 67.0 Å². The minimum atomic E-state index is -3.44. The number of sulfonamides is 1. The molecular weight excluding hydrogens is 424 g/mol. The molecule has 0 spiro atoms. The van der Waals surface area contributed by atoms with Crippen molar-refractivity contribution in [3.05, 3.63) is 35.9 Å². The molecule has 1 aliphatic heterocycles. The Morgan fingerprint density at radius 3 is 2.16 bits per heavy atom. The van der Waals surface area contributed by atoms with E-state index >= 15 is 8.78 Å². The number of hydrogen-bond acceptors (Lipinski definition) is 4. The number of nitrogens with one attached hydrogen (secondary N) is 1. The Hall–Kier alpha value is -1.58. The highest BCUT2D eigenvalue weighted by Gasteiger charge is 2.58. The molecule has 0 aromatic heterocycles. The van der Waals surface area contributed by atoms with Crippen molar-refractivity contribution in [3.63, 3.8) is 0 Å². The molecular formula is C22H33F2N3O3S. The topological polar surface area (TPSA) is 69.7 Å². The molecule has 0 atom stereocenters. The number of carbonyl (C=O) groups is 1. The van der Waals surface area contributed by atoms with Crippen LogP contribution in [0.25, 0.3) is 0 Å². The first-order valence-electron chi connectivity index (χ1n) is 11.2. The van der Waals surface area contributed by atoms with Crippen LogP contribution in [-0.2, 0) is 10.0 Å². The smallest absolute Gasteiger partial charge is 0.292 e. The second-order valence-corrected chi connectivity index (χ2v) is 10.6. The summed E-state index contributed by atoms with van der Waals surface area (Å²) in [4.78, 5) is 14.3. The summed E-state index contributed by atoms with van der Waals surface area (Å²) in [7, 11) is -3.36. The van der Waals surface area contributed by atoms with E-state index in [9.17, 15) is 13.2 Å². The van der Waals surface area contributed by atoms with E-state index in [1.807, 2.05) is 12.2 Å². The summed E-state index contributed by atoms with van der Waals surface area (Å²) in [5.74, 6) is -0.722. The maximum Gasteiger partial charge on any atom is 0.343 e. The predicted octanol–water partition coefficient (Wildman–Crippen LogP) is 3.46. The first-order chi connectivity index (χ1) is 14.7. The Morgan fingerprint density at radius 1 is 1.03 bits per heavy atom. The van der Waals surface area contributed by atoms with Crippen molar-refractivity contribution < 1.29 is 22.0 Å². The monoisotopic (exact) mass is 457 g/mol. The van der Waals surface area contributed by atoms with E-state index in [2.05, 4.69) is 0 Å². The van der Waals surface area contributed by atoms with Gasteiger partial charge in [-0.3, -0.25) is 15.0 Å². The van der Waals surface area contributed by atoms with E-state index in [0.29, 0.717) is 19.3 Å². The third kappa shape index (κ3) is 5.26. The zero-order valence-corrected chi connectivity index (χ0v) is 19.0. The zero-order chi connectivity index (χ0) is 22.5. The van der Waals surface area contributed by atoms with Crippen molar-refractivity contribution in [1.82, 2.24) is 14.5 Å².